The number of halogens is 1. The molecule has 10 nitrogen and oxygen atoms in total. The summed E-state index contributed by atoms with van der Waals surface area (Å²) in [6.07, 6.45) is -1.72. The van der Waals surface area contributed by atoms with Gasteiger partial charge in [0.25, 0.3) is 0 Å². The van der Waals surface area contributed by atoms with Gasteiger partial charge in [-0.3, -0.25) is 4.90 Å². The largest absolute Gasteiger partial charge is 0.349 e. The van der Waals surface area contributed by atoms with Crippen molar-refractivity contribution in [2.75, 3.05) is 51.3 Å². The zero-order valence-electron chi connectivity index (χ0n) is 21.3. The molecular formula is C25H36ClN3O7. The molecule has 1 aromatic rings. The highest BCUT2D eigenvalue weighted by Gasteiger charge is 2.59. The van der Waals surface area contributed by atoms with E-state index in [9.17, 15) is 4.79 Å². The molecule has 0 radical (unpaired) electrons. The molecule has 36 heavy (non-hydrogen) atoms. The lowest BCUT2D eigenvalue weighted by molar-refractivity contribution is -0.248. The summed E-state index contributed by atoms with van der Waals surface area (Å²) >= 11 is 5.91. The number of carbonyl (C=O) groups is 1. The van der Waals surface area contributed by atoms with E-state index in [1.165, 1.54) is 0 Å². The van der Waals surface area contributed by atoms with Gasteiger partial charge in [-0.25, -0.2) is 4.79 Å². The Morgan fingerprint density at radius 3 is 2.36 bits per heavy atom. The lowest BCUT2D eigenvalue weighted by Crippen LogP contribution is -2.50. The maximum atomic E-state index is 12.6. The Balaban J connectivity index is 1.07. The molecule has 0 aromatic heterocycles. The molecule has 4 aliphatic heterocycles. The fourth-order valence-corrected chi connectivity index (χ4v) is 5.24. The second kappa shape index (κ2) is 10.3. The van der Waals surface area contributed by atoms with Crippen LogP contribution < -0.4 is 5.32 Å². The lowest BCUT2D eigenvalue weighted by atomic mass is 10.1. The number of hydrogen-bond acceptors (Lipinski definition) is 8. The van der Waals surface area contributed by atoms with Crippen molar-refractivity contribution in [3.05, 3.63) is 29.3 Å². The van der Waals surface area contributed by atoms with E-state index in [2.05, 4.69) is 10.2 Å². The third kappa shape index (κ3) is 5.97. The van der Waals surface area contributed by atoms with Gasteiger partial charge in [0, 0.05) is 43.4 Å². The average Bonchev–Trinajstić information content (AvgIpc) is 3.45. The molecule has 4 fully saturated rings. The number of nitrogens with one attached hydrogen (secondary N) is 1. The quantitative estimate of drug-likeness (QED) is 0.606. The van der Waals surface area contributed by atoms with Gasteiger partial charge in [0.15, 0.2) is 17.9 Å². The number of ether oxygens (including phenoxy) is 6. The average molecular weight is 526 g/mol. The van der Waals surface area contributed by atoms with E-state index in [0.29, 0.717) is 31.3 Å². The van der Waals surface area contributed by atoms with Crippen molar-refractivity contribution in [2.45, 2.75) is 70.0 Å². The molecule has 0 saturated carbocycles. The second-order valence-corrected chi connectivity index (χ2v) is 11.0. The summed E-state index contributed by atoms with van der Waals surface area (Å²) < 4.78 is 36.4. The predicted octanol–water partition coefficient (Wildman–Crippen LogP) is 2.90. The molecule has 5 rings (SSSR count). The van der Waals surface area contributed by atoms with Gasteiger partial charge in [0.1, 0.15) is 24.4 Å². The first kappa shape index (κ1) is 26.1. The SMILES string of the molecule is CC1(C)OCC([C@H]2O[C@H](OCCN3CCN(C(=O)Nc4ccc(Cl)cc4)CC3)[C@H]3OC(C)(C)O[C@H]32)O1. The predicted molar refractivity (Wildman–Crippen MR) is 132 cm³/mol. The fourth-order valence-electron chi connectivity index (χ4n) is 5.11. The van der Waals surface area contributed by atoms with E-state index in [1.807, 2.05) is 32.6 Å². The van der Waals surface area contributed by atoms with Crippen molar-refractivity contribution < 1.29 is 33.2 Å². The topological polar surface area (TPSA) is 91.0 Å². The molecule has 0 aliphatic carbocycles. The highest BCUT2D eigenvalue weighted by molar-refractivity contribution is 6.30. The Kier molecular flexibility index (Phi) is 7.50. The molecule has 0 bridgehead atoms. The molecule has 1 N–H and O–H groups in total. The zero-order valence-corrected chi connectivity index (χ0v) is 22.0. The van der Waals surface area contributed by atoms with Crippen LogP contribution in [0.5, 0.6) is 0 Å². The third-order valence-electron chi connectivity index (χ3n) is 6.89. The van der Waals surface area contributed by atoms with Crippen molar-refractivity contribution >= 4 is 23.3 Å². The summed E-state index contributed by atoms with van der Waals surface area (Å²) in [4.78, 5) is 16.7. The number of carbonyl (C=O) groups excluding carboxylic acids is 1. The normalized spacial score (nSPS) is 33.6. The summed E-state index contributed by atoms with van der Waals surface area (Å²) in [5.74, 6) is -1.36. The summed E-state index contributed by atoms with van der Waals surface area (Å²) in [5, 5.41) is 3.56. The van der Waals surface area contributed by atoms with Crippen LogP contribution in [0.3, 0.4) is 0 Å². The van der Waals surface area contributed by atoms with Crippen LogP contribution in [-0.2, 0) is 28.4 Å². The Hall–Kier alpha value is -1.50. The van der Waals surface area contributed by atoms with E-state index in [4.69, 9.17) is 40.0 Å². The number of fused-ring (bicyclic) bond motifs is 1. The zero-order chi connectivity index (χ0) is 25.5. The molecule has 5 atom stereocenters. The molecule has 4 heterocycles. The standard InChI is InChI=1S/C25H36ClN3O7/c1-24(2)32-15-18(34-24)19-20-21(36-25(3,4)35-20)22(33-19)31-14-13-28-9-11-29(12-10-28)23(30)27-17-7-5-16(26)6-8-17/h5-8,18-22H,9-15H2,1-4H3,(H,27,30)/t18?,19-,20+,21+,22+/m1/s1. The van der Waals surface area contributed by atoms with Gasteiger partial charge >= 0.3 is 6.03 Å². The summed E-state index contributed by atoms with van der Waals surface area (Å²) in [5.41, 5.74) is 0.729. The highest BCUT2D eigenvalue weighted by Crippen LogP contribution is 2.42. The van der Waals surface area contributed by atoms with E-state index >= 15 is 0 Å². The van der Waals surface area contributed by atoms with Gasteiger partial charge in [-0.05, 0) is 52.0 Å². The Morgan fingerprint density at radius 2 is 1.69 bits per heavy atom. The van der Waals surface area contributed by atoms with E-state index < -0.39 is 17.9 Å². The minimum atomic E-state index is -0.711. The van der Waals surface area contributed by atoms with Crippen molar-refractivity contribution in [1.82, 2.24) is 9.80 Å². The molecule has 200 valence electrons. The number of anilines is 1. The molecule has 1 aromatic carbocycles. The molecule has 4 saturated heterocycles. The molecule has 1 unspecified atom stereocenters. The molecule has 2 amide bonds. The van der Waals surface area contributed by atoms with Gasteiger partial charge in [-0.1, -0.05) is 11.6 Å². The Morgan fingerprint density at radius 1 is 1.00 bits per heavy atom. The minimum absolute atomic E-state index is 0.105. The first-order valence-corrected chi connectivity index (χ1v) is 12.9. The van der Waals surface area contributed by atoms with Crippen molar-refractivity contribution in [1.29, 1.82) is 0 Å². The van der Waals surface area contributed by atoms with Crippen LogP contribution in [0.15, 0.2) is 24.3 Å². The maximum Gasteiger partial charge on any atom is 0.321 e. The molecular weight excluding hydrogens is 490 g/mol. The minimum Gasteiger partial charge on any atom is -0.349 e. The van der Waals surface area contributed by atoms with Crippen molar-refractivity contribution in [3.63, 3.8) is 0 Å². The van der Waals surface area contributed by atoms with Crippen LogP contribution in [0.2, 0.25) is 5.02 Å². The number of benzene rings is 1. The number of hydrogen-bond donors (Lipinski definition) is 1. The van der Waals surface area contributed by atoms with Crippen molar-refractivity contribution in [3.8, 4) is 0 Å². The number of nitrogens with zero attached hydrogens (tertiary/aromatic N) is 2. The fraction of sp³-hybridized carbons (Fsp3) is 0.720. The van der Waals surface area contributed by atoms with Gasteiger partial charge in [0.2, 0.25) is 0 Å². The molecule has 4 aliphatic rings. The lowest BCUT2D eigenvalue weighted by Gasteiger charge is -2.34. The summed E-state index contributed by atoms with van der Waals surface area (Å²) in [6, 6.07) is 6.99. The first-order valence-electron chi connectivity index (χ1n) is 12.6. The smallest absolute Gasteiger partial charge is 0.321 e. The van der Waals surface area contributed by atoms with Crippen LogP contribution in [0, 0.1) is 0 Å². The van der Waals surface area contributed by atoms with Crippen LogP contribution in [0.4, 0.5) is 10.5 Å². The highest BCUT2D eigenvalue weighted by atomic mass is 35.5. The number of amides is 2. The third-order valence-corrected chi connectivity index (χ3v) is 7.14. The second-order valence-electron chi connectivity index (χ2n) is 10.5. The van der Waals surface area contributed by atoms with Crippen LogP contribution in [0.1, 0.15) is 27.7 Å². The summed E-state index contributed by atoms with van der Waals surface area (Å²) in [7, 11) is 0. The van der Waals surface area contributed by atoms with Crippen LogP contribution in [0.25, 0.3) is 0 Å². The first-order chi connectivity index (χ1) is 17.1. The number of piperazine rings is 1. The van der Waals surface area contributed by atoms with Crippen LogP contribution in [-0.4, -0.2) is 104 Å². The van der Waals surface area contributed by atoms with Crippen molar-refractivity contribution in [2.24, 2.45) is 0 Å². The van der Waals surface area contributed by atoms with Gasteiger partial charge in [0.05, 0.1) is 13.2 Å². The van der Waals surface area contributed by atoms with E-state index in [0.717, 1.165) is 25.3 Å². The monoisotopic (exact) mass is 525 g/mol. The van der Waals surface area contributed by atoms with E-state index in [-0.39, 0.29) is 30.4 Å². The van der Waals surface area contributed by atoms with Gasteiger partial charge in [-0.15, -0.1) is 0 Å². The molecule has 0 spiro atoms. The summed E-state index contributed by atoms with van der Waals surface area (Å²) in [6.45, 7) is 12.1. The Labute approximate surface area is 217 Å². The number of urea groups is 1. The molecule has 11 heteroatoms. The van der Waals surface area contributed by atoms with E-state index in [1.54, 1.807) is 24.3 Å². The number of rotatable bonds is 6. The van der Waals surface area contributed by atoms with Gasteiger partial charge in [-0.2, -0.15) is 0 Å². The maximum absolute atomic E-state index is 12.6. The van der Waals surface area contributed by atoms with Gasteiger partial charge < -0.3 is 38.6 Å². The Bertz CT molecular complexity index is 923. The van der Waals surface area contributed by atoms with Crippen LogP contribution >= 0.6 is 11.6 Å².